The Morgan fingerprint density at radius 3 is 2.25 bits per heavy atom. The Kier molecular flexibility index (Phi) is 8.96. The van der Waals surface area contributed by atoms with Crippen molar-refractivity contribution in [1.29, 1.82) is 0 Å². The van der Waals surface area contributed by atoms with Gasteiger partial charge >= 0.3 is 12.1 Å². The molecule has 2 heterocycles. The van der Waals surface area contributed by atoms with E-state index in [4.69, 9.17) is 26.1 Å². The van der Waals surface area contributed by atoms with Crippen LogP contribution in [0.4, 0.5) is 13.2 Å². The van der Waals surface area contributed by atoms with Crippen LogP contribution in [0.3, 0.4) is 0 Å². The average Bonchev–Trinajstić information content (AvgIpc) is 3.36. The summed E-state index contributed by atoms with van der Waals surface area (Å²) in [5.74, 6) is -1.83. The second-order valence-corrected chi connectivity index (χ2v) is 7.95. The molecule has 13 heteroatoms. The molecule has 8 nitrogen and oxygen atoms in total. The molecule has 0 bridgehead atoms. The number of halogens is 3. The Labute approximate surface area is 189 Å². The van der Waals surface area contributed by atoms with Crippen molar-refractivity contribution in [2.75, 3.05) is 6.54 Å². The lowest BCUT2D eigenvalue weighted by Gasteiger charge is -2.05. The van der Waals surface area contributed by atoms with E-state index in [0.29, 0.717) is 13.2 Å². The van der Waals surface area contributed by atoms with Gasteiger partial charge in [0.2, 0.25) is 0 Å². The number of aromatic nitrogens is 2. The molecule has 5 N–H and O–H groups in total. The second kappa shape index (κ2) is 11.4. The number of benzene rings is 1. The molecule has 0 unspecified atom stereocenters. The molecule has 32 heavy (non-hydrogen) atoms. The molecule has 1 aromatic carbocycles. The highest BCUT2D eigenvalue weighted by Gasteiger charge is 2.38. The first-order chi connectivity index (χ1) is 15.0. The van der Waals surface area contributed by atoms with Gasteiger partial charge in [0.25, 0.3) is 0 Å². The standard InChI is InChI=1S/C17H19N5OS2.C2HF3O2/c1-11-9-24-15(21-11)16-22-13(10-25-16)8-23-14-4-2-12(3-5-14)6-7-20-17(18)19;3-2(4,5)1(6)7/h2-5,9-10H,6-8H2,1H3,(H4,18,19,20);(H,6,7). The number of aliphatic imine (C=N–C) groups is 1. The van der Waals surface area contributed by atoms with Gasteiger partial charge in [-0.2, -0.15) is 13.2 Å². The van der Waals surface area contributed by atoms with Gasteiger partial charge in [-0.25, -0.2) is 14.8 Å². The molecule has 0 amide bonds. The van der Waals surface area contributed by atoms with Crippen LogP contribution in [-0.4, -0.2) is 39.7 Å². The zero-order valence-corrected chi connectivity index (χ0v) is 18.4. The molecule has 3 rings (SSSR count). The van der Waals surface area contributed by atoms with E-state index in [2.05, 4.69) is 15.0 Å². The molecule has 0 radical (unpaired) electrons. The van der Waals surface area contributed by atoms with Gasteiger partial charge in [0.15, 0.2) is 16.0 Å². The molecular weight excluding hydrogens is 467 g/mol. The first kappa shape index (κ1) is 25.1. The van der Waals surface area contributed by atoms with Crippen LogP contribution in [0.15, 0.2) is 40.0 Å². The van der Waals surface area contributed by atoms with Gasteiger partial charge in [-0.3, -0.25) is 4.99 Å². The van der Waals surface area contributed by atoms with Crippen molar-refractivity contribution in [3.05, 3.63) is 52.0 Å². The van der Waals surface area contributed by atoms with Gasteiger partial charge in [-0.15, -0.1) is 22.7 Å². The van der Waals surface area contributed by atoms with Gasteiger partial charge < -0.3 is 21.3 Å². The van der Waals surface area contributed by atoms with E-state index in [9.17, 15) is 13.2 Å². The maximum absolute atomic E-state index is 10.6. The molecule has 0 aliphatic rings. The normalized spacial score (nSPS) is 10.8. The number of carbonyl (C=O) groups is 1. The van der Waals surface area contributed by atoms with Crippen molar-refractivity contribution in [3.8, 4) is 15.8 Å². The number of rotatable bonds is 7. The molecule has 0 atom stereocenters. The fourth-order valence-corrected chi connectivity index (χ4v) is 3.80. The molecular formula is C19H20F3N5O3S2. The van der Waals surface area contributed by atoms with Crippen LogP contribution >= 0.6 is 22.7 Å². The maximum Gasteiger partial charge on any atom is 0.490 e. The van der Waals surface area contributed by atoms with Gasteiger partial charge in [-0.1, -0.05) is 12.1 Å². The minimum Gasteiger partial charge on any atom is -0.487 e. The molecule has 0 spiro atoms. The minimum absolute atomic E-state index is 0.121. The lowest BCUT2D eigenvalue weighted by atomic mass is 10.1. The molecule has 2 aromatic heterocycles. The van der Waals surface area contributed by atoms with Crippen molar-refractivity contribution in [1.82, 2.24) is 9.97 Å². The van der Waals surface area contributed by atoms with Gasteiger partial charge in [0.05, 0.1) is 5.69 Å². The molecule has 0 aliphatic carbocycles. The Morgan fingerprint density at radius 1 is 1.12 bits per heavy atom. The number of guanidine groups is 1. The number of nitrogens with two attached hydrogens (primary N) is 2. The van der Waals surface area contributed by atoms with E-state index >= 15 is 0 Å². The van der Waals surface area contributed by atoms with Crippen molar-refractivity contribution in [2.24, 2.45) is 16.5 Å². The van der Waals surface area contributed by atoms with Crippen LogP contribution in [0.1, 0.15) is 17.0 Å². The fraction of sp³-hybridized carbons (Fsp3) is 0.263. The predicted molar refractivity (Wildman–Crippen MR) is 117 cm³/mol. The SMILES string of the molecule is Cc1csc(-c2nc(COc3ccc(CCN=C(N)N)cc3)cs2)n1.O=C(O)C(F)(F)F. The number of carboxylic acid groups (broad SMARTS) is 1. The van der Waals surface area contributed by atoms with Crippen LogP contribution in [0.25, 0.3) is 10.0 Å². The van der Waals surface area contributed by atoms with Crippen molar-refractivity contribution in [3.63, 3.8) is 0 Å². The summed E-state index contributed by atoms with van der Waals surface area (Å²) in [5.41, 5.74) is 13.7. The van der Waals surface area contributed by atoms with E-state index in [1.54, 1.807) is 22.7 Å². The van der Waals surface area contributed by atoms with Crippen LogP contribution in [0, 0.1) is 6.92 Å². The maximum atomic E-state index is 10.6. The monoisotopic (exact) mass is 487 g/mol. The summed E-state index contributed by atoms with van der Waals surface area (Å²) in [7, 11) is 0. The third-order valence-corrected chi connectivity index (χ3v) is 5.60. The topological polar surface area (TPSA) is 137 Å². The Morgan fingerprint density at radius 2 is 1.72 bits per heavy atom. The van der Waals surface area contributed by atoms with Crippen molar-refractivity contribution in [2.45, 2.75) is 26.1 Å². The van der Waals surface area contributed by atoms with Gasteiger partial charge in [-0.05, 0) is 31.0 Å². The average molecular weight is 488 g/mol. The summed E-state index contributed by atoms with van der Waals surface area (Å²) < 4.78 is 37.5. The number of carboxylic acids is 1. The van der Waals surface area contributed by atoms with Crippen molar-refractivity contribution < 1.29 is 27.8 Å². The highest BCUT2D eigenvalue weighted by atomic mass is 32.1. The zero-order valence-electron chi connectivity index (χ0n) is 16.8. The lowest BCUT2D eigenvalue weighted by Crippen LogP contribution is -2.23. The second-order valence-electron chi connectivity index (χ2n) is 6.23. The number of aliphatic carboxylic acids is 1. The number of hydrogen-bond acceptors (Lipinski definition) is 7. The highest BCUT2D eigenvalue weighted by molar-refractivity contribution is 7.19. The van der Waals surface area contributed by atoms with E-state index in [0.717, 1.165) is 39.1 Å². The fourth-order valence-electron chi connectivity index (χ4n) is 2.15. The van der Waals surface area contributed by atoms with Gasteiger partial charge in [0, 0.05) is 23.0 Å². The van der Waals surface area contributed by atoms with Crippen molar-refractivity contribution >= 4 is 34.6 Å². The quantitative estimate of drug-likeness (QED) is 0.342. The zero-order chi connectivity index (χ0) is 23.7. The summed E-state index contributed by atoms with van der Waals surface area (Å²) >= 11 is 3.20. The number of thiazole rings is 2. The number of alkyl halides is 3. The number of aryl methyl sites for hydroxylation is 1. The molecule has 172 valence electrons. The smallest absolute Gasteiger partial charge is 0.487 e. The Balaban J connectivity index is 0.000000451. The molecule has 0 saturated heterocycles. The third kappa shape index (κ3) is 8.51. The van der Waals surface area contributed by atoms with E-state index in [1.807, 2.05) is 41.9 Å². The summed E-state index contributed by atoms with van der Waals surface area (Å²) in [5, 5.41) is 13.1. The number of hydrogen-bond donors (Lipinski definition) is 3. The Bertz CT molecular complexity index is 1050. The number of nitrogens with zero attached hydrogens (tertiary/aromatic N) is 3. The predicted octanol–water partition coefficient (Wildman–Crippen LogP) is 3.60. The Hall–Kier alpha value is -3.19. The summed E-state index contributed by atoms with van der Waals surface area (Å²) in [4.78, 5) is 21.9. The molecule has 3 aromatic rings. The van der Waals surface area contributed by atoms with E-state index in [1.165, 1.54) is 0 Å². The minimum atomic E-state index is -5.08. The van der Waals surface area contributed by atoms with Crippen LogP contribution in [-0.2, 0) is 17.8 Å². The summed E-state index contributed by atoms with van der Waals surface area (Å²) in [6.07, 6.45) is -4.29. The first-order valence-electron chi connectivity index (χ1n) is 8.98. The molecule has 0 aliphatic heterocycles. The number of ether oxygens (including phenoxy) is 1. The lowest BCUT2D eigenvalue weighted by molar-refractivity contribution is -0.192. The first-order valence-corrected chi connectivity index (χ1v) is 10.7. The highest BCUT2D eigenvalue weighted by Crippen LogP contribution is 2.27. The van der Waals surface area contributed by atoms with Crippen LogP contribution < -0.4 is 16.2 Å². The van der Waals surface area contributed by atoms with E-state index in [-0.39, 0.29) is 5.96 Å². The summed E-state index contributed by atoms with van der Waals surface area (Å²) in [6, 6.07) is 7.93. The summed E-state index contributed by atoms with van der Waals surface area (Å²) in [6.45, 7) is 3.01. The van der Waals surface area contributed by atoms with E-state index < -0.39 is 12.1 Å². The molecule has 0 fully saturated rings. The third-order valence-electron chi connectivity index (χ3n) is 3.60. The largest absolute Gasteiger partial charge is 0.490 e. The molecule has 0 saturated carbocycles. The van der Waals surface area contributed by atoms with Gasteiger partial charge in [0.1, 0.15) is 12.4 Å². The van der Waals surface area contributed by atoms with Crippen LogP contribution in [0.5, 0.6) is 5.75 Å². The van der Waals surface area contributed by atoms with Crippen LogP contribution in [0.2, 0.25) is 0 Å².